The van der Waals surface area contributed by atoms with Crippen molar-refractivity contribution in [3.05, 3.63) is 46.2 Å². The molecule has 0 bridgehead atoms. The summed E-state index contributed by atoms with van der Waals surface area (Å²) in [6, 6.07) is 4.74. The van der Waals surface area contributed by atoms with Crippen LogP contribution < -0.4 is 4.74 Å². The molecule has 3 rings (SSSR count). The standard InChI is InChI=1S/C11H5Cl3N6O/c12-6-1-2-8(7(13)3-6)21-11-18-9(14)17-10(19-11)20-5-15-4-16-20/h1-5H. The summed E-state index contributed by atoms with van der Waals surface area (Å²) in [5.74, 6) is 0.514. The summed E-state index contributed by atoms with van der Waals surface area (Å²) in [7, 11) is 0. The molecule has 21 heavy (non-hydrogen) atoms. The van der Waals surface area contributed by atoms with Gasteiger partial charge in [0.05, 0.1) is 5.02 Å². The lowest BCUT2D eigenvalue weighted by Gasteiger charge is -2.07. The first-order valence-corrected chi connectivity index (χ1v) is 6.65. The van der Waals surface area contributed by atoms with Gasteiger partial charge in [-0.05, 0) is 29.8 Å². The van der Waals surface area contributed by atoms with Gasteiger partial charge >= 0.3 is 6.01 Å². The van der Waals surface area contributed by atoms with E-state index in [9.17, 15) is 0 Å². The van der Waals surface area contributed by atoms with Gasteiger partial charge in [0.2, 0.25) is 5.28 Å². The molecule has 0 saturated carbocycles. The minimum absolute atomic E-state index is 0.0234. The molecule has 3 aromatic rings. The largest absolute Gasteiger partial charge is 0.423 e. The minimum atomic E-state index is -0.0458. The molecule has 2 heterocycles. The van der Waals surface area contributed by atoms with E-state index in [1.165, 1.54) is 17.3 Å². The average Bonchev–Trinajstić information content (AvgIpc) is 2.95. The highest BCUT2D eigenvalue weighted by Gasteiger charge is 2.11. The molecule has 0 aliphatic heterocycles. The lowest BCUT2D eigenvalue weighted by molar-refractivity contribution is 0.437. The van der Waals surface area contributed by atoms with Crippen LogP contribution in [0, 0.1) is 0 Å². The SMILES string of the molecule is Clc1ccc(Oc2nc(Cl)nc(-n3cncn3)n2)c(Cl)c1. The fourth-order valence-electron chi connectivity index (χ4n) is 1.44. The van der Waals surface area contributed by atoms with Crippen molar-refractivity contribution in [1.29, 1.82) is 0 Å². The molecule has 0 N–H and O–H groups in total. The molecular weight excluding hydrogens is 339 g/mol. The van der Waals surface area contributed by atoms with Crippen molar-refractivity contribution in [3.63, 3.8) is 0 Å². The topological polar surface area (TPSA) is 78.6 Å². The fourth-order valence-corrected chi connectivity index (χ4v) is 2.03. The Morgan fingerprint density at radius 1 is 1.05 bits per heavy atom. The van der Waals surface area contributed by atoms with Crippen LogP contribution in [-0.4, -0.2) is 29.7 Å². The van der Waals surface area contributed by atoms with Gasteiger partial charge in [-0.2, -0.15) is 24.7 Å². The zero-order chi connectivity index (χ0) is 14.8. The summed E-state index contributed by atoms with van der Waals surface area (Å²) in [5, 5.41) is 4.67. The highest BCUT2D eigenvalue weighted by atomic mass is 35.5. The molecule has 10 heteroatoms. The highest BCUT2D eigenvalue weighted by Crippen LogP contribution is 2.30. The van der Waals surface area contributed by atoms with E-state index in [-0.39, 0.29) is 17.2 Å². The lowest BCUT2D eigenvalue weighted by Crippen LogP contribution is -2.05. The van der Waals surface area contributed by atoms with Crippen molar-refractivity contribution in [2.24, 2.45) is 0 Å². The zero-order valence-corrected chi connectivity index (χ0v) is 12.4. The Labute approximate surface area is 133 Å². The molecule has 0 radical (unpaired) electrons. The maximum atomic E-state index is 6.02. The third-order valence-corrected chi connectivity index (χ3v) is 2.99. The molecule has 0 spiro atoms. The smallest absolute Gasteiger partial charge is 0.328 e. The Kier molecular flexibility index (Phi) is 3.87. The number of halogens is 3. The molecule has 106 valence electrons. The summed E-state index contributed by atoms with van der Waals surface area (Å²) < 4.78 is 6.81. The second kappa shape index (κ2) is 5.80. The summed E-state index contributed by atoms with van der Waals surface area (Å²) in [6.07, 6.45) is 2.76. The van der Waals surface area contributed by atoms with Crippen LogP contribution in [0.2, 0.25) is 15.3 Å². The van der Waals surface area contributed by atoms with Crippen LogP contribution in [0.4, 0.5) is 0 Å². The summed E-state index contributed by atoms with van der Waals surface area (Å²) in [4.78, 5) is 15.7. The van der Waals surface area contributed by atoms with Gasteiger partial charge in [-0.3, -0.25) is 0 Å². The molecular formula is C11H5Cl3N6O. The van der Waals surface area contributed by atoms with Crippen LogP contribution in [0.3, 0.4) is 0 Å². The average molecular weight is 344 g/mol. The summed E-state index contributed by atoms with van der Waals surface area (Å²) >= 11 is 17.7. The van der Waals surface area contributed by atoms with Gasteiger partial charge < -0.3 is 4.74 Å². The van der Waals surface area contributed by atoms with Crippen LogP contribution in [0.5, 0.6) is 11.8 Å². The molecule has 0 atom stereocenters. The second-order valence-corrected chi connectivity index (χ2v) is 4.89. The first-order valence-electron chi connectivity index (χ1n) is 5.51. The monoisotopic (exact) mass is 342 g/mol. The number of aromatic nitrogens is 6. The van der Waals surface area contributed by atoms with Gasteiger partial charge in [-0.1, -0.05) is 23.2 Å². The quantitative estimate of drug-likeness (QED) is 0.726. The van der Waals surface area contributed by atoms with Gasteiger partial charge in [0.15, 0.2) is 0 Å². The van der Waals surface area contributed by atoms with Crippen molar-refractivity contribution in [2.45, 2.75) is 0 Å². The Morgan fingerprint density at radius 2 is 1.90 bits per heavy atom. The van der Waals surface area contributed by atoms with E-state index in [1.54, 1.807) is 18.2 Å². The van der Waals surface area contributed by atoms with E-state index >= 15 is 0 Å². The third-order valence-electron chi connectivity index (χ3n) is 2.29. The van der Waals surface area contributed by atoms with Gasteiger partial charge in [0.25, 0.3) is 5.95 Å². The lowest BCUT2D eigenvalue weighted by atomic mass is 10.3. The van der Waals surface area contributed by atoms with Crippen molar-refractivity contribution in [1.82, 2.24) is 29.7 Å². The van der Waals surface area contributed by atoms with Gasteiger partial charge in [-0.25, -0.2) is 4.98 Å². The number of hydrogen-bond donors (Lipinski definition) is 0. The highest BCUT2D eigenvalue weighted by molar-refractivity contribution is 6.35. The van der Waals surface area contributed by atoms with Gasteiger partial charge in [-0.15, -0.1) is 0 Å². The first-order chi connectivity index (χ1) is 10.1. The molecule has 1 aromatic carbocycles. The molecule has 2 aromatic heterocycles. The molecule has 0 fully saturated rings. The van der Waals surface area contributed by atoms with E-state index in [4.69, 9.17) is 39.5 Å². The number of hydrogen-bond acceptors (Lipinski definition) is 6. The number of benzene rings is 1. The van der Waals surface area contributed by atoms with E-state index in [1.807, 2.05) is 0 Å². The van der Waals surface area contributed by atoms with Crippen molar-refractivity contribution < 1.29 is 4.74 Å². The summed E-state index contributed by atoms with van der Waals surface area (Å²) in [5.41, 5.74) is 0. The number of ether oxygens (including phenoxy) is 1. The molecule has 0 saturated heterocycles. The Bertz CT molecular complexity index is 780. The minimum Gasteiger partial charge on any atom is -0.423 e. The van der Waals surface area contributed by atoms with Crippen LogP contribution in [0.15, 0.2) is 30.9 Å². The van der Waals surface area contributed by atoms with Gasteiger partial charge in [0.1, 0.15) is 18.4 Å². The van der Waals surface area contributed by atoms with E-state index in [0.717, 1.165) is 0 Å². The first kappa shape index (κ1) is 14.0. The van der Waals surface area contributed by atoms with E-state index in [0.29, 0.717) is 15.8 Å². The Morgan fingerprint density at radius 3 is 2.62 bits per heavy atom. The zero-order valence-electron chi connectivity index (χ0n) is 10.1. The normalized spacial score (nSPS) is 10.6. The Balaban J connectivity index is 1.95. The van der Waals surface area contributed by atoms with Crippen molar-refractivity contribution in [2.75, 3.05) is 0 Å². The van der Waals surface area contributed by atoms with Crippen LogP contribution >= 0.6 is 34.8 Å². The third kappa shape index (κ3) is 3.21. The maximum Gasteiger partial charge on any atom is 0.328 e. The van der Waals surface area contributed by atoms with Crippen molar-refractivity contribution in [3.8, 4) is 17.7 Å². The molecule has 0 aliphatic carbocycles. The van der Waals surface area contributed by atoms with Crippen molar-refractivity contribution >= 4 is 34.8 Å². The van der Waals surface area contributed by atoms with Crippen LogP contribution in [0.25, 0.3) is 5.95 Å². The molecule has 7 nitrogen and oxygen atoms in total. The summed E-state index contributed by atoms with van der Waals surface area (Å²) in [6.45, 7) is 0. The molecule has 0 aliphatic rings. The van der Waals surface area contributed by atoms with E-state index in [2.05, 4.69) is 25.0 Å². The Hall–Kier alpha value is -1.96. The number of nitrogens with zero attached hydrogens (tertiary/aromatic N) is 6. The van der Waals surface area contributed by atoms with Crippen LogP contribution in [0.1, 0.15) is 0 Å². The predicted molar refractivity (Wildman–Crippen MR) is 76.3 cm³/mol. The molecule has 0 amide bonds. The maximum absolute atomic E-state index is 6.02. The van der Waals surface area contributed by atoms with Crippen LogP contribution in [-0.2, 0) is 0 Å². The number of rotatable bonds is 3. The fraction of sp³-hybridized carbons (Fsp3) is 0. The van der Waals surface area contributed by atoms with Gasteiger partial charge in [0, 0.05) is 5.02 Å². The molecule has 0 unspecified atom stereocenters. The predicted octanol–water partition coefficient (Wildman–Crippen LogP) is 3.20. The second-order valence-electron chi connectivity index (χ2n) is 3.70. The van der Waals surface area contributed by atoms with E-state index < -0.39 is 0 Å².